The van der Waals surface area contributed by atoms with Crippen LogP contribution in [0.3, 0.4) is 0 Å². The maximum Gasteiger partial charge on any atom is 0.164 e. The lowest BCUT2D eigenvalue weighted by molar-refractivity contribution is 0.669. The number of furan rings is 1. The molecule has 0 aliphatic heterocycles. The molecule has 0 amide bonds. The minimum absolute atomic E-state index is 0.0504. The van der Waals surface area contributed by atoms with Gasteiger partial charge in [-0.05, 0) is 77.9 Å². The standard InChI is InChI=1S/C44H31N3O/c1-28-10-2-3-12-30(28)21-20-29-11-8-14-33(26-29)42-45-43(34-24-25-36-32(27-34)23-22-31-13-4-5-15-35(31)36)47-44(46-42)38-17-9-19-40-41(38)37-16-6-7-18-39(37)48-40/h2-3,5-10,12,14-19,22-27,29H,4,11,13H2,1H3. The molecule has 7 aromatic rings. The predicted molar refractivity (Wildman–Crippen MR) is 196 cm³/mol. The molecule has 2 aliphatic rings. The van der Waals surface area contributed by atoms with Crippen molar-refractivity contribution in [2.45, 2.75) is 26.2 Å². The Balaban J connectivity index is 1.21. The van der Waals surface area contributed by atoms with Crippen LogP contribution >= 0.6 is 0 Å². The summed E-state index contributed by atoms with van der Waals surface area (Å²) in [5.74, 6) is 8.83. The molecule has 228 valence electrons. The third-order valence-corrected chi connectivity index (χ3v) is 9.42. The summed E-state index contributed by atoms with van der Waals surface area (Å²) in [6.45, 7) is 2.10. The first-order chi connectivity index (χ1) is 23.7. The topological polar surface area (TPSA) is 51.8 Å². The van der Waals surface area contributed by atoms with Gasteiger partial charge in [-0.25, -0.2) is 15.0 Å². The Kier molecular flexibility index (Phi) is 6.83. The number of para-hydroxylation sites is 1. The summed E-state index contributed by atoms with van der Waals surface area (Å²) in [4.78, 5) is 15.4. The molecule has 0 bridgehead atoms. The number of rotatable bonds is 3. The van der Waals surface area contributed by atoms with Crippen molar-refractivity contribution in [1.29, 1.82) is 0 Å². The van der Waals surface area contributed by atoms with Gasteiger partial charge in [0, 0.05) is 39.0 Å². The second kappa shape index (κ2) is 11.6. The van der Waals surface area contributed by atoms with Gasteiger partial charge in [-0.2, -0.15) is 0 Å². The Hall–Kier alpha value is -6.05. The molecule has 0 N–H and O–H groups in total. The van der Waals surface area contributed by atoms with Gasteiger partial charge in [0.1, 0.15) is 11.2 Å². The lowest BCUT2D eigenvalue weighted by Gasteiger charge is -2.15. The molecule has 48 heavy (non-hydrogen) atoms. The number of hydrogen-bond donors (Lipinski definition) is 0. The summed E-state index contributed by atoms with van der Waals surface area (Å²) in [5.41, 5.74) is 9.42. The van der Waals surface area contributed by atoms with Crippen LogP contribution in [0.2, 0.25) is 0 Å². The number of benzene rings is 5. The Morgan fingerprint density at radius 2 is 1.58 bits per heavy atom. The van der Waals surface area contributed by atoms with E-state index in [4.69, 9.17) is 19.4 Å². The molecule has 0 saturated heterocycles. The van der Waals surface area contributed by atoms with E-state index in [-0.39, 0.29) is 5.92 Å². The highest BCUT2D eigenvalue weighted by Gasteiger charge is 2.20. The van der Waals surface area contributed by atoms with E-state index in [9.17, 15) is 0 Å². The molecule has 0 radical (unpaired) electrons. The van der Waals surface area contributed by atoms with Gasteiger partial charge in [-0.1, -0.05) is 115 Å². The molecule has 2 heterocycles. The average molecular weight is 618 g/mol. The SMILES string of the molecule is Cc1ccccc1C#CC1C=C(c2nc(-c3ccc4c5c(ccc4c3)CCC=C5)nc(-c3cccc4oc5ccccc5c34)n2)C=CC1. The molecule has 9 rings (SSSR count). The lowest BCUT2D eigenvalue weighted by atomic mass is 9.91. The van der Waals surface area contributed by atoms with E-state index < -0.39 is 0 Å². The van der Waals surface area contributed by atoms with Crippen LogP contribution in [0, 0.1) is 24.7 Å². The molecule has 5 aromatic carbocycles. The largest absolute Gasteiger partial charge is 0.456 e. The maximum atomic E-state index is 6.24. The van der Waals surface area contributed by atoms with Gasteiger partial charge in [-0.15, -0.1) is 0 Å². The van der Waals surface area contributed by atoms with Crippen LogP contribution in [-0.4, -0.2) is 15.0 Å². The minimum Gasteiger partial charge on any atom is -0.456 e. The molecule has 1 unspecified atom stereocenters. The van der Waals surface area contributed by atoms with Gasteiger partial charge in [0.05, 0.1) is 0 Å². The van der Waals surface area contributed by atoms with Gasteiger partial charge >= 0.3 is 0 Å². The highest BCUT2D eigenvalue weighted by Crippen LogP contribution is 2.37. The molecule has 4 nitrogen and oxygen atoms in total. The van der Waals surface area contributed by atoms with Crippen molar-refractivity contribution in [3.05, 3.63) is 149 Å². The maximum absolute atomic E-state index is 6.24. The number of aryl methyl sites for hydroxylation is 2. The van der Waals surface area contributed by atoms with E-state index in [1.54, 1.807) is 0 Å². The van der Waals surface area contributed by atoms with Crippen molar-refractivity contribution >= 4 is 44.4 Å². The third kappa shape index (κ3) is 5.01. The van der Waals surface area contributed by atoms with E-state index in [0.29, 0.717) is 17.5 Å². The molecule has 0 fully saturated rings. The molecular formula is C44H31N3O. The molecular weight excluding hydrogens is 587 g/mol. The molecule has 4 heteroatoms. The Morgan fingerprint density at radius 3 is 2.54 bits per heavy atom. The summed E-state index contributed by atoms with van der Waals surface area (Å²) in [6, 6.07) is 33.5. The van der Waals surface area contributed by atoms with E-state index in [2.05, 4.69) is 104 Å². The van der Waals surface area contributed by atoms with E-state index >= 15 is 0 Å². The van der Waals surface area contributed by atoms with Gasteiger partial charge < -0.3 is 4.42 Å². The molecule has 2 aromatic heterocycles. The van der Waals surface area contributed by atoms with Crippen LogP contribution in [0.15, 0.2) is 126 Å². The first kappa shape index (κ1) is 28.2. The van der Waals surface area contributed by atoms with E-state index in [1.807, 2.05) is 42.5 Å². The van der Waals surface area contributed by atoms with Crippen LogP contribution < -0.4 is 0 Å². The van der Waals surface area contributed by atoms with Crippen molar-refractivity contribution in [3.63, 3.8) is 0 Å². The number of nitrogens with zero attached hydrogens (tertiary/aromatic N) is 3. The summed E-state index contributed by atoms with van der Waals surface area (Å²) in [7, 11) is 0. The monoisotopic (exact) mass is 617 g/mol. The summed E-state index contributed by atoms with van der Waals surface area (Å²) in [5, 5.41) is 4.47. The van der Waals surface area contributed by atoms with Crippen LogP contribution in [-0.2, 0) is 6.42 Å². The molecule has 0 spiro atoms. The third-order valence-electron chi connectivity index (χ3n) is 9.42. The van der Waals surface area contributed by atoms with Gasteiger partial charge in [-0.3, -0.25) is 0 Å². The molecule has 0 saturated carbocycles. The quantitative estimate of drug-likeness (QED) is 0.185. The molecule has 1 atom stereocenters. The fraction of sp³-hybridized carbons (Fsp3) is 0.114. The number of fused-ring (bicyclic) bond motifs is 6. The predicted octanol–water partition coefficient (Wildman–Crippen LogP) is 10.5. The fourth-order valence-corrected chi connectivity index (χ4v) is 6.92. The van der Waals surface area contributed by atoms with Gasteiger partial charge in [0.25, 0.3) is 0 Å². The normalized spacial score (nSPS) is 15.4. The van der Waals surface area contributed by atoms with Crippen LogP contribution in [0.5, 0.6) is 0 Å². The van der Waals surface area contributed by atoms with Crippen LogP contribution in [0.25, 0.3) is 67.1 Å². The van der Waals surface area contributed by atoms with Gasteiger partial charge in [0.2, 0.25) is 0 Å². The first-order valence-corrected chi connectivity index (χ1v) is 16.5. The summed E-state index contributed by atoms with van der Waals surface area (Å²) in [6.07, 6.45) is 14.0. The second-order valence-corrected chi connectivity index (χ2v) is 12.5. The first-order valence-electron chi connectivity index (χ1n) is 16.5. The number of allylic oxidation sites excluding steroid dienone is 5. The Bertz CT molecular complexity index is 2570. The number of aromatic nitrogens is 3. The highest BCUT2D eigenvalue weighted by molar-refractivity contribution is 6.11. The summed E-state index contributed by atoms with van der Waals surface area (Å²) < 4.78 is 6.24. The smallest absolute Gasteiger partial charge is 0.164 e. The van der Waals surface area contributed by atoms with E-state index in [1.165, 1.54) is 27.5 Å². The second-order valence-electron chi connectivity index (χ2n) is 12.5. The van der Waals surface area contributed by atoms with E-state index in [0.717, 1.165) is 63.5 Å². The van der Waals surface area contributed by atoms with Crippen molar-refractivity contribution < 1.29 is 4.42 Å². The van der Waals surface area contributed by atoms with Crippen LogP contribution in [0.4, 0.5) is 0 Å². The Labute approximate surface area is 279 Å². The zero-order chi connectivity index (χ0) is 32.0. The zero-order valence-corrected chi connectivity index (χ0v) is 26.6. The van der Waals surface area contributed by atoms with Crippen LogP contribution in [0.1, 0.15) is 40.9 Å². The van der Waals surface area contributed by atoms with Crippen molar-refractivity contribution in [1.82, 2.24) is 15.0 Å². The average Bonchev–Trinajstić information content (AvgIpc) is 3.53. The highest BCUT2D eigenvalue weighted by atomic mass is 16.3. The van der Waals surface area contributed by atoms with Crippen molar-refractivity contribution in [2.24, 2.45) is 5.92 Å². The number of hydrogen-bond acceptors (Lipinski definition) is 4. The Morgan fingerprint density at radius 1 is 0.729 bits per heavy atom. The van der Waals surface area contributed by atoms with Crippen molar-refractivity contribution in [3.8, 4) is 34.6 Å². The minimum atomic E-state index is 0.0504. The van der Waals surface area contributed by atoms with Crippen molar-refractivity contribution in [2.75, 3.05) is 0 Å². The fourth-order valence-electron chi connectivity index (χ4n) is 6.92. The van der Waals surface area contributed by atoms with Gasteiger partial charge in [0.15, 0.2) is 17.5 Å². The lowest BCUT2D eigenvalue weighted by Crippen LogP contribution is -2.05. The summed E-state index contributed by atoms with van der Waals surface area (Å²) >= 11 is 0. The molecule has 2 aliphatic carbocycles. The zero-order valence-electron chi connectivity index (χ0n) is 26.6.